The Balaban J connectivity index is 2.16. The van der Waals surface area contributed by atoms with Crippen LogP contribution in [0.3, 0.4) is 0 Å². The van der Waals surface area contributed by atoms with E-state index in [0.717, 1.165) is 17.9 Å². The molecule has 0 radical (unpaired) electrons. The number of benzene rings is 1. The SMILES string of the molecule is O=C(c1ccccc1)C1C=NCCS1. The van der Waals surface area contributed by atoms with Crippen molar-refractivity contribution in [2.45, 2.75) is 5.25 Å². The van der Waals surface area contributed by atoms with Crippen molar-refractivity contribution in [2.24, 2.45) is 4.99 Å². The molecule has 2 rings (SSSR count). The molecule has 1 aromatic rings. The van der Waals surface area contributed by atoms with Crippen molar-refractivity contribution in [3.05, 3.63) is 35.9 Å². The zero-order chi connectivity index (χ0) is 9.80. The lowest BCUT2D eigenvalue weighted by molar-refractivity contribution is 0.101. The van der Waals surface area contributed by atoms with E-state index in [1.165, 1.54) is 0 Å². The molecule has 0 fully saturated rings. The lowest BCUT2D eigenvalue weighted by atomic mass is 10.1. The predicted octanol–water partition coefficient (Wildman–Crippen LogP) is 2.06. The number of hydrogen-bond acceptors (Lipinski definition) is 3. The fourth-order valence-corrected chi connectivity index (χ4v) is 2.28. The van der Waals surface area contributed by atoms with Crippen LogP contribution in [0.15, 0.2) is 35.3 Å². The Labute approximate surface area is 87.4 Å². The van der Waals surface area contributed by atoms with Crippen LogP contribution in [-0.2, 0) is 0 Å². The molecule has 1 aliphatic rings. The van der Waals surface area contributed by atoms with Crippen LogP contribution >= 0.6 is 11.8 Å². The van der Waals surface area contributed by atoms with Gasteiger partial charge in [-0.05, 0) is 0 Å². The van der Waals surface area contributed by atoms with Crippen molar-refractivity contribution >= 4 is 23.8 Å². The van der Waals surface area contributed by atoms with Gasteiger partial charge in [0.25, 0.3) is 0 Å². The average Bonchev–Trinajstić information content (AvgIpc) is 2.30. The molecule has 72 valence electrons. The molecule has 0 aliphatic carbocycles. The maximum Gasteiger partial charge on any atom is 0.181 e. The average molecular weight is 205 g/mol. The summed E-state index contributed by atoms with van der Waals surface area (Å²) in [6, 6.07) is 9.39. The molecule has 1 aliphatic heterocycles. The summed E-state index contributed by atoms with van der Waals surface area (Å²) in [5.74, 6) is 1.11. The molecule has 0 spiro atoms. The topological polar surface area (TPSA) is 29.4 Å². The summed E-state index contributed by atoms with van der Waals surface area (Å²) in [4.78, 5) is 16.0. The number of nitrogens with zero attached hydrogens (tertiary/aromatic N) is 1. The van der Waals surface area contributed by atoms with Crippen molar-refractivity contribution in [3.8, 4) is 0 Å². The van der Waals surface area contributed by atoms with Crippen molar-refractivity contribution in [1.82, 2.24) is 0 Å². The molecule has 0 saturated carbocycles. The van der Waals surface area contributed by atoms with Gasteiger partial charge in [0.1, 0.15) is 5.25 Å². The fourth-order valence-electron chi connectivity index (χ4n) is 1.36. The zero-order valence-corrected chi connectivity index (χ0v) is 8.54. The molecule has 1 heterocycles. The molecule has 0 bridgehead atoms. The largest absolute Gasteiger partial charge is 0.295 e. The Morgan fingerprint density at radius 2 is 2.14 bits per heavy atom. The second-order valence-corrected chi connectivity index (χ2v) is 4.33. The van der Waals surface area contributed by atoms with Crippen LogP contribution in [-0.4, -0.2) is 29.5 Å². The third kappa shape index (κ3) is 2.04. The van der Waals surface area contributed by atoms with Crippen LogP contribution < -0.4 is 0 Å². The van der Waals surface area contributed by atoms with E-state index in [9.17, 15) is 4.79 Å². The molecule has 0 N–H and O–H groups in total. The van der Waals surface area contributed by atoms with E-state index in [2.05, 4.69) is 4.99 Å². The molecule has 0 amide bonds. The van der Waals surface area contributed by atoms with Crippen LogP contribution in [0.4, 0.5) is 0 Å². The van der Waals surface area contributed by atoms with Gasteiger partial charge < -0.3 is 0 Å². The molecule has 1 atom stereocenters. The third-order valence-electron chi connectivity index (χ3n) is 2.08. The molecule has 14 heavy (non-hydrogen) atoms. The second kappa shape index (κ2) is 4.42. The molecule has 0 saturated heterocycles. The first-order valence-corrected chi connectivity index (χ1v) is 5.63. The summed E-state index contributed by atoms with van der Waals surface area (Å²) in [6.07, 6.45) is 1.77. The van der Waals surface area contributed by atoms with Gasteiger partial charge in [-0.2, -0.15) is 0 Å². The van der Waals surface area contributed by atoms with E-state index in [-0.39, 0.29) is 11.0 Å². The van der Waals surface area contributed by atoms with E-state index in [0.29, 0.717) is 0 Å². The first-order chi connectivity index (χ1) is 6.88. The number of Topliss-reactive ketones (excluding diaryl/α,β-unsaturated/α-hetero) is 1. The minimum atomic E-state index is -0.0776. The molecular formula is C11H11NOS. The third-order valence-corrected chi connectivity index (χ3v) is 3.19. The number of carbonyl (C=O) groups is 1. The maximum atomic E-state index is 11.9. The summed E-state index contributed by atoms with van der Waals surface area (Å²) in [7, 11) is 0. The molecule has 3 heteroatoms. The Morgan fingerprint density at radius 1 is 1.36 bits per heavy atom. The lowest BCUT2D eigenvalue weighted by Gasteiger charge is -2.13. The quantitative estimate of drug-likeness (QED) is 0.692. The van der Waals surface area contributed by atoms with Crippen molar-refractivity contribution in [3.63, 3.8) is 0 Å². The number of rotatable bonds is 2. The van der Waals surface area contributed by atoms with Crippen LogP contribution in [0.5, 0.6) is 0 Å². The van der Waals surface area contributed by atoms with Gasteiger partial charge >= 0.3 is 0 Å². The molecule has 1 unspecified atom stereocenters. The van der Waals surface area contributed by atoms with Crippen LogP contribution in [0.1, 0.15) is 10.4 Å². The van der Waals surface area contributed by atoms with Gasteiger partial charge in [-0.15, -0.1) is 11.8 Å². The minimum absolute atomic E-state index is 0.0776. The number of aliphatic imine (C=N–C) groups is 1. The van der Waals surface area contributed by atoms with Gasteiger partial charge in [-0.1, -0.05) is 30.3 Å². The van der Waals surface area contributed by atoms with Crippen LogP contribution in [0.2, 0.25) is 0 Å². The summed E-state index contributed by atoms with van der Waals surface area (Å²) in [5, 5.41) is -0.0776. The number of ketones is 1. The highest BCUT2D eigenvalue weighted by molar-refractivity contribution is 8.01. The van der Waals surface area contributed by atoms with E-state index in [4.69, 9.17) is 0 Å². The lowest BCUT2D eigenvalue weighted by Crippen LogP contribution is -2.22. The molecule has 0 aromatic heterocycles. The normalized spacial score (nSPS) is 20.7. The molecular weight excluding hydrogens is 194 g/mol. The monoisotopic (exact) mass is 205 g/mol. The Bertz CT molecular complexity index is 348. The predicted molar refractivity (Wildman–Crippen MR) is 60.4 cm³/mol. The first-order valence-electron chi connectivity index (χ1n) is 4.59. The summed E-state index contributed by atoms with van der Waals surface area (Å²) < 4.78 is 0. The summed E-state index contributed by atoms with van der Waals surface area (Å²) >= 11 is 1.67. The Hall–Kier alpha value is -1.09. The smallest absolute Gasteiger partial charge is 0.181 e. The maximum absolute atomic E-state index is 11.9. The van der Waals surface area contributed by atoms with Crippen molar-refractivity contribution in [1.29, 1.82) is 0 Å². The van der Waals surface area contributed by atoms with Crippen molar-refractivity contribution < 1.29 is 4.79 Å². The molecule has 1 aromatic carbocycles. The van der Waals surface area contributed by atoms with E-state index in [1.807, 2.05) is 30.3 Å². The van der Waals surface area contributed by atoms with Gasteiger partial charge in [0.2, 0.25) is 0 Å². The van der Waals surface area contributed by atoms with Gasteiger partial charge in [-0.25, -0.2) is 0 Å². The van der Waals surface area contributed by atoms with Gasteiger partial charge in [0.15, 0.2) is 5.78 Å². The van der Waals surface area contributed by atoms with Gasteiger partial charge in [0.05, 0.1) is 0 Å². The number of hydrogen-bond donors (Lipinski definition) is 0. The minimum Gasteiger partial charge on any atom is -0.295 e. The van der Waals surface area contributed by atoms with Crippen LogP contribution in [0, 0.1) is 0 Å². The summed E-state index contributed by atoms with van der Waals surface area (Å²) in [5.41, 5.74) is 0.776. The zero-order valence-electron chi connectivity index (χ0n) is 7.72. The van der Waals surface area contributed by atoms with Crippen molar-refractivity contribution in [2.75, 3.05) is 12.3 Å². The molecule has 2 nitrogen and oxygen atoms in total. The second-order valence-electron chi connectivity index (χ2n) is 3.08. The highest BCUT2D eigenvalue weighted by atomic mass is 32.2. The Morgan fingerprint density at radius 3 is 2.79 bits per heavy atom. The Kier molecular flexibility index (Phi) is 2.99. The van der Waals surface area contributed by atoms with E-state index in [1.54, 1.807) is 18.0 Å². The van der Waals surface area contributed by atoms with Gasteiger partial charge in [-0.3, -0.25) is 9.79 Å². The number of carbonyl (C=O) groups excluding carboxylic acids is 1. The fraction of sp³-hybridized carbons (Fsp3) is 0.273. The van der Waals surface area contributed by atoms with Gasteiger partial charge in [0, 0.05) is 24.1 Å². The summed E-state index contributed by atoms with van der Waals surface area (Å²) in [6.45, 7) is 0.837. The highest BCUT2D eigenvalue weighted by Gasteiger charge is 2.19. The van der Waals surface area contributed by atoms with Crippen LogP contribution in [0.25, 0.3) is 0 Å². The standard InChI is InChI=1S/C11H11NOS/c13-11(9-4-2-1-3-5-9)10-8-12-6-7-14-10/h1-5,8,10H,6-7H2. The van der Waals surface area contributed by atoms with E-state index >= 15 is 0 Å². The highest BCUT2D eigenvalue weighted by Crippen LogP contribution is 2.17. The first kappa shape index (κ1) is 9.46. The number of thioether (sulfide) groups is 1. The van der Waals surface area contributed by atoms with E-state index < -0.39 is 0 Å².